The Morgan fingerprint density at radius 2 is 1.94 bits per heavy atom. The van der Waals surface area contributed by atoms with Gasteiger partial charge in [-0.2, -0.15) is 0 Å². The van der Waals surface area contributed by atoms with Crippen LogP contribution in [-0.4, -0.2) is 26.0 Å². The first kappa shape index (κ1) is 12.6. The molecule has 94 valence electrons. The van der Waals surface area contributed by atoms with Gasteiger partial charge in [0.2, 0.25) is 0 Å². The average Bonchev–Trinajstić information content (AvgIpc) is 2.25. The molecule has 1 aliphatic heterocycles. The summed E-state index contributed by atoms with van der Waals surface area (Å²) in [5.41, 5.74) is 0.650. The molecule has 1 saturated heterocycles. The fraction of sp³-hybridized carbons (Fsp3) is 0.455. The van der Waals surface area contributed by atoms with E-state index in [1.165, 1.54) is 12.1 Å². The number of hydrogen-bond acceptors (Lipinski definition) is 3. The Morgan fingerprint density at radius 1 is 1.29 bits per heavy atom. The minimum absolute atomic E-state index is 0.0847. The van der Waals surface area contributed by atoms with Crippen LogP contribution in [0.15, 0.2) is 18.2 Å². The molecule has 1 fully saturated rings. The Hall–Kier alpha value is -0.810. The van der Waals surface area contributed by atoms with E-state index >= 15 is 0 Å². The zero-order valence-corrected chi connectivity index (χ0v) is 10.7. The largest absolute Gasteiger partial charge is 0.381 e. The van der Waals surface area contributed by atoms with Gasteiger partial charge >= 0.3 is 0 Å². The summed E-state index contributed by atoms with van der Waals surface area (Å²) >= 11 is 5.88. The molecule has 0 aliphatic carbocycles. The van der Waals surface area contributed by atoms with Gasteiger partial charge in [0.1, 0.15) is 15.7 Å². The van der Waals surface area contributed by atoms with E-state index in [0.717, 1.165) is 0 Å². The first-order chi connectivity index (χ1) is 7.96. The van der Waals surface area contributed by atoms with Crippen LogP contribution in [0, 0.1) is 5.82 Å². The Morgan fingerprint density at radius 3 is 2.53 bits per heavy atom. The lowest BCUT2D eigenvalue weighted by Crippen LogP contribution is -2.32. The van der Waals surface area contributed by atoms with Crippen LogP contribution in [0.5, 0.6) is 0 Å². The molecule has 0 saturated carbocycles. The number of nitrogens with one attached hydrogen (secondary N) is 1. The average molecular weight is 278 g/mol. The summed E-state index contributed by atoms with van der Waals surface area (Å²) in [7, 11) is -2.86. The maximum absolute atomic E-state index is 12.8. The third kappa shape index (κ3) is 3.33. The van der Waals surface area contributed by atoms with Crippen LogP contribution in [0.2, 0.25) is 5.02 Å². The molecule has 17 heavy (non-hydrogen) atoms. The highest BCUT2D eigenvalue weighted by molar-refractivity contribution is 7.91. The summed E-state index contributed by atoms with van der Waals surface area (Å²) in [6.07, 6.45) is 1.13. The van der Waals surface area contributed by atoms with Gasteiger partial charge in [0, 0.05) is 6.04 Å². The van der Waals surface area contributed by atoms with E-state index in [2.05, 4.69) is 5.32 Å². The van der Waals surface area contributed by atoms with Gasteiger partial charge < -0.3 is 5.32 Å². The first-order valence-electron chi connectivity index (χ1n) is 5.38. The van der Waals surface area contributed by atoms with Crippen LogP contribution >= 0.6 is 11.6 Å². The van der Waals surface area contributed by atoms with Crippen molar-refractivity contribution in [2.45, 2.75) is 18.9 Å². The molecule has 0 aromatic heterocycles. The predicted molar refractivity (Wildman–Crippen MR) is 66.7 cm³/mol. The molecule has 1 aromatic rings. The Balaban J connectivity index is 2.02. The molecule has 0 atom stereocenters. The number of rotatable bonds is 2. The van der Waals surface area contributed by atoms with Crippen LogP contribution in [-0.2, 0) is 9.84 Å². The molecule has 0 amide bonds. The molecule has 0 bridgehead atoms. The van der Waals surface area contributed by atoms with Gasteiger partial charge in [-0.1, -0.05) is 11.6 Å². The minimum atomic E-state index is -2.86. The summed E-state index contributed by atoms with van der Waals surface area (Å²) in [6, 6.07) is 4.22. The lowest BCUT2D eigenvalue weighted by atomic mass is 10.1. The number of sulfone groups is 1. The van der Waals surface area contributed by atoms with E-state index in [0.29, 0.717) is 23.6 Å². The van der Waals surface area contributed by atoms with E-state index < -0.39 is 9.84 Å². The SMILES string of the molecule is O=S1(=O)CCC(Nc2ccc(F)cc2Cl)CC1. The molecule has 0 unspecified atom stereocenters. The quantitative estimate of drug-likeness (QED) is 0.903. The van der Waals surface area contributed by atoms with Gasteiger partial charge in [0.05, 0.1) is 22.2 Å². The highest BCUT2D eigenvalue weighted by atomic mass is 35.5. The molecule has 0 spiro atoms. The number of halogens is 2. The van der Waals surface area contributed by atoms with Crippen molar-refractivity contribution >= 4 is 27.1 Å². The summed E-state index contributed by atoms with van der Waals surface area (Å²) in [6.45, 7) is 0. The summed E-state index contributed by atoms with van der Waals surface area (Å²) in [4.78, 5) is 0. The van der Waals surface area contributed by atoms with Crippen LogP contribution in [0.4, 0.5) is 10.1 Å². The summed E-state index contributed by atoms with van der Waals surface area (Å²) < 4.78 is 35.3. The van der Waals surface area contributed by atoms with Gasteiger partial charge in [-0.05, 0) is 31.0 Å². The van der Waals surface area contributed by atoms with Crippen molar-refractivity contribution < 1.29 is 12.8 Å². The Labute approximate surface area is 105 Å². The molecule has 1 aromatic carbocycles. The second-order valence-corrected chi connectivity index (χ2v) is 6.91. The molecule has 1 N–H and O–H groups in total. The number of hydrogen-bond donors (Lipinski definition) is 1. The lowest BCUT2D eigenvalue weighted by Gasteiger charge is -2.24. The van der Waals surface area contributed by atoms with Crippen LogP contribution in [0.1, 0.15) is 12.8 Å². The fourth-order valence-electron chi connectivity index (χ4n) is 1.86. The van der Waals surface area contributed by atoms with Crippen molar-refractivity contribution in [1.29, 1.82) is 0 Å². The Kier molecular flexibility index (Phi) is 3.58. The standard InChI is InChI=1S/C11H13ClFNO2S/c12-10-7-8(13)1-2-11(10)14-9-3-5-17(15,16)6-4-9/h1-2,7,9,14H,3-6H2. The summed E-state index contributed by atoms with van der Waals surface area (Å²) in [5, 5.41) is 3.47. The molecule has 6 heteroatoms. The topological polar surface area (TPSA) is 46.2 Å². The maximum Gasteiger partial charge on any atom is 0.150 e. The highest BCUT2D eigenvalue weighted by Gasteiger charge is 2.23. The molecular weight excluding hydrogens is 265 g/mol. The Bertz CT molecular complexity index is 504. The molecule has 3 nitrogen and oxygen atoms in total. The second kappa shape index (κ2) is 4.82. The first-order valence-corrected chi connectivity index (χ1v) is 7.58. The van der Waals surface area contributed by atoms with Gasteiger partial charge in [-0.25, -0.2) is 12.8 Å². The van der Waals surface area contributed by atoms with Gasteiger partial charge in [-0.15, -0.1) is 0 Å². The van der Waals surface area contributed by atoms with E-state index in [-0.39, 0.29) is 23.4 Å². The fourth-order valence-corrected chi connectivity index (χ4v) is 3.57. The predicted octanol–water partition coefficient (Wildman–Crippen LogP) is 2.47. The molecular formula is C11H13ClFNO2S. The van der Waals surface area contributed by atoms with Crippen molar-refractivity contribution in [1.82, 2.24) is 0 Å². The molecule has 1 heterocycles. The van der Waals surface area contributed by atoms with E-state index in [1.807, 2.05) is 0 Å². The zero-order valence-electron chi connectivity index (χ0n) is 9.12. The minimum Gasteiger partial charge on any atom is -0.381 e. The van der Waals surface area contributed by atoms with Crippen molar-refractivity contribution in [3.8, 4) is 0 Å². The van der Waals surface area contributed by atoms with Crippen LogP contribution < -0.4 is 5.32 Å². The van der Waals surface area contributed by atoms with E-state index in [1.54, 1.807) is 6.07 Å². The van der Waals surface area contributed by atoms with Crippen LogP contribution in [0.3, 0.4) is 0 Å². The molecule has 2 rings (SSSR count). The van der Waals surface area contributed by atoms with Gasteiger partial charge in [0.25, 0.3) is 0 Å². The van der Waals surface area contributed by atoms with E-state index in [9.17, 15) is 12.8 Å². The smallest absolute Gasteiger partial charge is 0.150 e. The lowest BCUT2D eigenvalue weighted by molar-refractivity contribution is 0.559. The van der Waals surface area contributed by atoms with Crippen molar-refractivity contribution in [2.75, 3.05) is 16.8 Å². The monoisotopic (exact) mass is 277 g/mol. The zero-order chi connectivity index (χ0) is 12.5. The highest BCUT2D eigenvalue weighted by Crippen LogP contribution is 2.25. The van der Waals surface area contributed by atoms with Gasteiger partial charge in [0.15, 0.2) is 0 Å². The van der Waals surface area contributed by atoms with Crippen molar-refractivity contribution in [2.24, 2.45) is 0 Å². The van der Waals surface area contributed by atoms with Crippen molar-refractivity contribution in [3.05, 3.63) is 29.0 Å². The summed E-state index contributed by atoms with van der Waals surface area (Å²) in [5.74, 6) is 0.0132. The van der Waals surface area contributed by atoms with Gasteiger partial charge in [-0.3, -0.25) is 0 Å². The van der Waals surface area contributed by atoms with E-state index in [4.69, 9.17) is 11.6 Å². The van der Waals surface area contributed by atoms with Crippen LogP contribution in [0.25, 0.3) is 0 Å². The third-order valence-electron chi connectivity index (χ3n) is 2.85. The number of anilines is 1. The number of benzene rings is 1. The van der Waals surface area contributed by atoms with Crippen molar-refractivity contribution in [3.63, 3.8) is 0 Å². The molecule has 1 aliphatic rings. The second-order valence-electron chi connectivity index (χ2n) is 4.19. The third-order valence-corrected chi connectivity index (χ3v) is 4.87. The molecule has 0 radical (unpaired) electrons. The maximum atomic E-state index is 12.8. The normalized spacial score (nSPS) is 20.1.